The smallest absolute Gasteiger partial charge is 0.336 e. The number of carboxylic acids is 1. The highest BCUT2D eigenvalue weighted by Gasteiger charge is 2.44. The molecule has 6 rings (SSSR count). The molecule has 0 spiro atoms. The molecule has 0 unspecified atom stereocenters. The molecule has 2 heterocycles. The van der Waals surface area contributed by atoms with Gasteiger partial charge in [-0.15, -0.1) is 0 Å². The van der Waals surface area contributed by atoms with Gasteiger partial charge in [0.2, 0.25) is 5.69 Å². The molecule has 0 saturated carbocycles. The van der Waals surface area contributed by atoms with Gasteiger partial charge in [-0.1, -0.05) is 94.4 Å². The fourth-order valence-corrected chi connectivity index (χ4v) is 8.06. The third-order valence-corrected chi connectivity index (χ3v) is 10.3. The van der Waals surface area contributed by atoms with Gasteiger partial charge in [-0.25, -0.2) is 4.79 Å². The van der Waals surface area contributed by atoms with Crippen molar-refractivity contribution in [2.75, 3.05) is 18.0 Å². The van der Waals surface area contributed by atoms with Gasteiger partial charge in [0.05, 0.1) is 11.0 Å². The highest BCUT2D eigenvalue weighted by molar-refractivity contribution is 6.04. The van der Waals surface area contributed by atoms with Crippen molar-refractivity contribution in [3.05, 3.63) is 136 Å². The lowest BCUT2D eigenvalue weighted by Crippen LogP contribution is -3.00. The molecular weight excluding hydrogens is 612 g/mol. The molecule has 48 heavy (non-hydrogen) atoms. The number of hydrogen-bond acceptors (Lipinski definition) is 2. The lowest BCUT2D eigenvalue weighted by Gasteiger charge is -2.27. The standard InChI is InChI=1S/C43H48N2O2.ClH/c1-7-28-44-36-22-13-11-20-34(36)42(3,4)38(44)26-24-30-16-15-17-31(40(30)32-18-9-10-19-33(32)41(46)47)25-27-39-43(5,6)35-21-12-14-23-37(35)45(39)29-8-2;/h9-14,18-27H,7-8,15-17,28-29H2,1-6H3;1H. The number of aromatic carboxylic acids is 1. The van der Waals surface area contributed by atoms with Crippen molar-refractivity contribution in [2.24, 2.45) is 0 Å². The third-order valence-electron chi connectivity index (χ3n) is 10.3. The minimum absolute atomic E-state index is 0. The Balaban J connectivity index is 0.00000451. The number of para-hydroxylation sites is 2. The molecule has 0 fully saturated rings. The van der Waals surface area contributed by atoms with E-state index >= 15 is 0 Å². The van der Waals surface area contributed by atoms with Crippen LogP contribution >= 0.6 is 0 Å². The molecule has 250 valence electrons. The maximum absolute atomic E-state index is 12.6. The van der Waals surface area contributed by atoms with Crippen LogP contribution in [0.25, 0.3) is 5.57 Å². The normalized spacial score (nSPS) is 19.7. The van der Waals surface area contributed by atoms with Gasteiger partial charge in [-0.3, -0.25) is 0 Å². The van der Waals surface area contributed by atoms with E-state index in [0.29, 0.717) is 5.56 Å². The Hall–Kier alpha value is -4.15. The maximum Gasteiger partial charge on any atom is 0.336 e. The van der Waals surface area contributed by atoms with E-state index in [2.05, 4.69) is 124 Å². The second-order valence-corrected chi connectivity index (χ2v) is 14.2. The molecule has 2 aliphatic heterocycles. The molecule has 3 aromatic carbocycles. The van der Waals surface area contributed by atoms with Crippen LogP contribution in [0, 0.1) is 0 Å². The van der Waals surface area contributed by atoms with Gasteiger partial charge in [-0.05, 0) is 85.6 Å². The zero-order valence-corrected chi connectivity index (χ0v) is 30.1. The van der Waals surface area contributed by atoms with Crippen molar-refractivity contribution < 1.29 is 26.9 Å². The molecule has 0 amide bonds. The van der Waals surface area contributed by atoms with Crippen LogP contribution in [0.3, 0.4) is 0 Å². The summed E-state index contributed by atoms with van der Waals surface area (Å²) in [5.41, 5.74) is 12.2. The first-order valence-corrected chi connectivity index (χ1v) is 17.4. The molecule has 0 saturated heterocycles. The van der Waals surface area contributed by atoms with Crippen molar-refractivity contribution in [2.45, 2.75) is 84.5 Å². The Morgan fingerprint density at radius 2 is 1.52 bits per heavy atom. The zero-order valence-electron chi connectivity index (χ0n) is 29.3. The predicted molar refractivity (Wildman–Crippen MR) is 196 cm³/mol. The Labute approximate surface area is 293 Å². The summed E-state index contributed by atoms with van der Waals surface area (Å²) in [6.45, 7) is 15.7. The van der Waals surface area contributed by atoms with Gasteiger partial charge in [0.15, 0.2) is 5.71 Å². The second kappa shape index (κ2) is 14.1. The summed E-state index contributed by atoms with van der Waals surface area (Å²) in [6.07, 6.45) is 14.1. The molecular formula is C43H49ClN2O2. The maximum atomic E-state index is 12.6. The van der Waals surface area contributed by atoms with Gasteiger partial charge >= 0.3 is 5.97 Å². The lowest BCUT2D eigenvalue weighted by molar-refractivity contribution is -0.437. The zero-order chi connectivity index (χ0) is 33.3. The number of rotatable bonds is 9. The highest BCUT2D eigenvalue weighted by atomic mass is 35.5. The fourth-order valence-electron chi connectivity index (χ4n) is 8.06. The molecule has 0 radical (unpaired) electrons. The highest BCUT2D eigenvalue weighted by Crippen LogP contribution is 2.48. The Morgan fingerprint density at radius 3 is 2.25 bits per heavy atom. The summed E-state index contributed by atoms with van der Waals surface area (Å²) < 4.78 is 2.48. The molecule has 0 bridgehead atoms. The number of halogens is 1. The lowest BCUT2D eigenvalue weighted by atomic mass is 9.79. The number of carboxylic acid groups (broad SMARTS) is 1. The van der Waals surface area contributed by atoms with E-state index in [4.69, 9.17) is 0 Å². The molecule has 1 aliphatic carbocycles. The molecule has 3 aromatic rings. The summed E-state index contributed by atoms with van der Waals surface area (Å²) in [5, 5.41) is 10.3. The van der Waals surface area contributed by atoms with Crippen LogP contribution in [-0.2, 0) is 10.8 Å². The van der Waals surface area contributed by atoms with Crippen molar-refractivity contribution in [3.63, 3.8) is 0 Å². The minimum atomic E-state index is -0.892. The molecule has 0 aromatic heterocycles. The fraction of sp³-hybridized carbons (Fsp3) is 0.349. The van der Waals surface area contributed by atoms with E-state index in [1.807, 2.05) is 18.2 Å². The number of benzene rings is 3. The van der Waals surface area contributed by atoms with Gasteiger partial charge in [0.25, 0.3) is 0 Å². The molecule has 4 nitrogen and oxygen atoms in total. The largest absolute Gasteiger partial charge is 1.00 e. The SMILES string of the molecule is CCCN1C(=CC=C2CCCC(C=CC3=[N+](CCC)c4ccccc4C3(C)C)=C2c2ccccc2C(=O)O)C(C)(C)c2ccccc21.[Cl-]. The monoisotopic (exact) mass is 660 g/mol. The van der Waals surface area contributed by atoms with Crippen molar-refractivity contribution in [1.29, 1.82) is 0 Å². The van der Waals surface area contributed by atoms with Crippen molar-refractivity contribution in [3.8, 4) is 0 Å². The summed E-state index contributed by atoms with van der Waals surface area (Å²) in [4.78, 5) is 15.0. The summed E-state index contributed by atoms with van der Waals surface area (Å²) in [5.74, 6) is -0.892. The number of allylic oxidation sites excluding steroid dienone is 8. The van der Waals surface area contributed by atoms with Crippen LogP contribution in [-0.4, -0.2) is 34.5 Å². The van der Waals surface area contributed by atoms with Crippen LogP contribution in [0.4, 0.5) is 11.4 Å². The van der Waals surface area contributed by atoms with E-state index in [9.17, 15) is 9.90 Å². The number of anilines is 1. The number of hydrogen-bond donors (Lipinski definition) is 1. The molecule has 5 heteroatoms. The van der Waals surface area contributed by atoms with Crippen molar-refractivity contribution >= 4 is 28.6 Å². The quantitative estimate of drug-likeness (QED) is 0.244. The van der Waals surface area contributed by atoms with E-state index in [-0.39, 0.29) is 23.2 Å². The number of fused-ring (bicyclic) bond motifs is 2. The van der Waals surface area contributed by atoms with Gasteiger partial charge in [0.1, 0.15) is 6.54 Å². The van der Waals surface area contributed by atoms with E-state index in [1.54, 1.807) is 6.07 Å². The van der Waals surface area contributed by atoms with Crippen LogP contribution in [0.15, 0.2) is 114 Å². The second-order valence-electron chi connectivity index (χ2n) is 14.2. The summed E-state index contributed by atoms with van der Waals surface area (Å²) in [6, 6.07) is 25.1. The minimum Gasteiger partial charge on any atom is -1.00 e. The molecule has 3 aliphatic rings. The average Bonchev–Trinajstić information content (AvgIpc) is 3.41. The molecule has 0 atom stereocenters. The molecule has 1 N–H and O–H groups in total. The third kappa shape index (κ3) is 6.12. The van der Waals surface area contributed by atoms with E-state index < -0.39 is 5.97 Å². The first-order chi connectivity index (χ1) is 22.6. The number of carbonyl (C=O) groups is 1. The van der Waals surface area contributed by atoms with E-state index in [0.717, 1.165) is 56.3 Å². The van der Waals surface area contributed by atoms with Gasteiger partial charge in [-0.2, -0.15) is 4.58 Å². The summed E-state index contributed by atoms with van der Waals surface area (Å²) >= 11 is 0. The Bertz CT molecular complexity index is 1870. The van der Waals surface area contributed by atoms with E-state index in [1.165, 1.54) is 45.1 Å². The van der Waals surface area contributed by atoms with Gasteiger partial charge < -0.3 is 22.4 Å². The predicted octanol–water partition coefficient (Wildman–Crippen LogP) is 7.39. The van der Waals surface area contributed by atoms with Gasteiger partial charge in [0, 0.05) is 47.5 Å². The number of nitrogens with zero attached hydrogens (tertiary/aromatic N) is 2. The van der Waals surface area contributed by atoms with Crippen molar-refractivity contribution in [1.82, 2.24) is 0 Å². The topological polar surface area (TPSA) is 43.5 Å². The first kappa shape index (κ1) is 35.2. The van der Waals surface area contributed by atoms with Crippen LogP contribution in [0.5, 0.6) is 0 Å². The Kier molecular flexibility index (Phi) is 10.4. The Morgan fingerprint density at radius 1 is 0.833 bits per heavy atom. The average molecular weight is 661 g/mol. The van der Waals surface area contributed by atoms with Crippen LogP contribution in [0.1, 0.15) is 101 Å². The van der Waals surface area contributed by atoms with Crippen LogP contribution < -0.4 is 17.3 Å². The summed E-state index contributed by atoms with van der Waals surface area (Å²) in [7, 11) is 0. The van der Waals surface area contributed by atoms with Crippen LogP contribution in [0.2, 0.25) is 0 Å². The first-order valence-electron chi connectivity index (χ1n) is 17.4.